The quantitative estimate of drug-likeness (QED) is 0.391. The van der Waals surface area contributed by atoms with Gasteiger partial charge in [-0.2, -0.15) is 0 Å². The lowest BCUT2D eigenvalue weighted by atomic mass is 10.1. The van der Waals surface area contributed by atoms with Crippen LogP contribution in [0.3, 0.4) is 0 Å². The summed E-state index contributed by atoms with van der Waals surface area (Å²) >= 11 is 0. The molecule has 10 nitrogen and oxygen atoms in total. The summed E-state index contributed by atoms with van der Waals surface area (Å²) in [6.07, 6.45) is 3.22. The molecule has 0 radical (unpaired) electrons. The fourth-order valence-corrected chi connectivity index (χ4v) is 4.25. The summed E-state index contributed by atoms with van der Waals surface area (Å²) in [6.45, 7) is 1.71. The van der Waals surface area contributed by atoms with Crippen LogP contribution in [-0.2, 0) is 21.2 Å². The van der Waals surface area contributed by atoms with Crippen LogP contribution in [0.25, 0.3) is 0 Å². The van der Waals surface area contributed by atoms with Crippen LogP contribution in [0.5, 0.6) is 11.5 Å². The molecule has 3 aromatic rings. The molecular formula is C24H26N4O6S. The Morgan fingerprint density at radius 3 is 2.29 bits per heavy atom. The minimum atomic E-state index is -3.92. The number of amides is 2. The molecule has 0 aliphatic rings. The number of pyridine rings is 1. The summed E-state index contributed by atoms with van der Waals surface area (Å²) in [4.78, 5) is 27.7. The molecule has 2 aromatic carbocycles. The smallest absolute Gasteiger partial charge is 0.261 e. The van der Waals surface area contributed by atoms with Gasteiger partial charge in [0.15, 0.2) is 11.5 Å². The molecule has 0 atom stereocenters. The Kier molecular flexibility index (Phi) is 8.26. The summed E-state index contributed by atoms with van der Waals surface area (Å²) in [6, 6.07) is 12.6. The van der Waals surface area contributed by atoms with Gasteiger partial charge < -0.3 is 20.1 Å². The van der Waals surface area contributed by atoms with Gasteiger partial charge >= 0.3 is 0 Å². The lowest BCUT2D eigenvalue weighted by Crippen LogP contribution is -2.26. The van der Waals surface area contributed by atoms with Crippen LogP contribution in [0, 0.1) is 0 Å². The highest BCUT2D eigenvalue weighted by atomic mass is 32.2. The molecule has 35 heavy (non-hydrogen) atoms. The van der Waals surface area contributed by atoms with E-state index in [0.717, 1.165) is 5.56 Å². The highest BCUT2D eigenvalue weighted by Crippen LogP contribution is 2.27. The zero-order valence-corrected chi connectivity index (χ0v) is 20.3. The molecule has 0 aliphatic heterocycles. The second-order valence-electron chi connectivity index (χ2n) is 7.47. The zero-order valence-electron chi connectivity index (χ0n) is 19.5. The molecule has 3 rings (SSSR count). The van der Waals surface area contributed by atoms with Crippen molar-refractivity contribution in [2.24, 2.45) is 0 Å². The first kappa shape index (κ1) is 25.5. The lowest BCUT2D eigenvalue weighted by molar-refractivity contribution is -0.114. The molecule has 1 heterocycles. The number of methoxy groups -OCH3 is 2. The maximum Gasteiger partial charge on any atom is 0.261 e. The molecular weight excluding hydrogens is 472 g/mol. The molecule has 2 amide bonds. The van der Waals surface area contributed by atoms with Gasteiger partial charge in [-0.3, -0.25) is 19.3 Å². The van der Waals surface area contributed by atoms with Gasteiger partial charge in [0.2, 0.25) is 5.91 Å². The van der Waals surface area contributed by atoms with Gasteiger partial charge in [-0.05, 0) is 54.4 Å². The van der Waals surface area contributed by atoms with E-state index in [-0.39, 0.29) is 22.1 Å². The van der Waals surface area contributed by atoms with Crippen molar-refractivity contribution < 1.29 is 27.5 Å². The Balaban J connectivity index is 1.62. The molecule has 0 spiro atoms. The maximum atomic E-state index is 12.7. The van der Waals surface area contributed by atoms with Crippen molar-refractivity contribution in [1.29, 1.82) is 0 Å². The van der Waals surface area contributed by atoms with Crippen LogP contribution in [0.2, 0.25) is 0 Å². The molecule has 1 aromatic heterocycles. The van der Waals surface area contributed by atoms with Gasteiger partial charge in [-0.25, -0.2) is 8.42 Å². The fourth-order valence-electron chi connectivity index (χ4n) is 3.21. The maximum absolute atomic E-state index is 12.7. The summed E-state index contributed by atoms with van der Waals surface area (Å²) in [5, 5.41) is 5.36. The van der Waals surface area contributed by atoms with Crippen molar-refractivity contribution in [2.75, 3.05) is 30.8 Å². The summed E-state index contributed by atoms with van der Waals surface area (Å²) in [7, 11) is -0.809. The largest absolute Gasteiger partial charge is 0.493 e. The van der Waals surface area contributed by atoms with E-state index in [9.17, 15) is 18.0 Å². The number of nitrogens with one attached hydrogen (secondary N) is 3. The first-order valence-electron chi connectivity index (χ1n) is 10.6. The van der Waals surface area contributed by atoms with E-state index in [1.165, 1.54) is 49.6 Å². The lowest BCUT2D eigenvalue weighted by Gasteiger charge is -2.11. The average Bonchev–Trinajstić information content (AvgIpc) is 2.83. The van der Waals surface area contributed by atoms with Crippen molar-refractivity contribution >= 4 is 33.2 Å². The Bertz CT molecular complexity index is 1310. The third kappa shape index (κ3) is 6.93. The van der Waals surface area contributed by atoms with Crippen molar-refractivity contribution in [3.63, 3.8) is 0 Å². The van der Waals surface area contributed by atoms with E-state index in [4.69, 9.17) is 9.47 Å². The number of sulfonamides is 1. The summed E-state index contributed by atoms with van der Waals surface area (Å²) < 4.78 is 38.3. The second kappa shape index (κ2) is 11.3. The Labute approximate surface area is 203 Å². The predicted octanol–water partition coefficient (Wildman–Crippen LogP) is 2.83. The number of benzene rings is 2. The van der Waals surface area contributed by atoms with Crippen LogP contribution in [0.1, 0.15) is 22.8 Å². The summed E-state index contributed by atoms with van der Waals surface area (Å²) in [5.74, 6) is 0.571. The van der Waals surface area contributed by atoms with Crippen LogP contribution >= 0.6 is 0 Å². The third-order valence-corrected chi connectivity index (χ3v) is 6.28. The molecule has 184 valence electrons. The van der Waals surface area contributed by atoms with Crippen LogP contribution in [0.15, 0.2) is 65.8 Å². The van der Waals surface area contributed by atoms with E-state index in [0.29, 0.717) is 30.2 Å². The number of aromatic nitrogens is 1. The third-order valence-electron chi connectivity index (χ3n) is 4.88. The number of carbonyl (C=O) groups is 2. The van der Waals surface area contributed by atoms with Gasteiger partial charge in [0.1, 0.15) is 0 Å². The monoisotopic (exact) mass is 498 g/mol. The Morgan fingerprint density at radius 2 is 1.63 bits per heavy atom. The van der Waals surface area contributed by atoms with Crippen molar-refractivity contribution in [3.8, 4) is 11.5 Å². The van der Waals surface area contributed by atoms with Gasteiger partial charge in [0.05, 0.1) is 36.6 Å². The number of rotatable bonds is 10. The number of hydrogen-bond acceptors (Lipinski definition) is 7. The number of ether oxygens (including phenoxy) is 2. The van der Waals surface area contributed by atoms with Crippen LogP contribution in [-0.4, -0.2) is 46.0 Å². The fraction of sp³-hybridized carbons (Fsp3) is 0.208. The van der Waals surface area contributed by atoms with Crippen molar-refractivity contribution in [3.05, 3.63) is 72.1 Å². The minimum absolute atomic E-state index is 0.00336. The zero-order chi connectivity index (χ0) is 25.4. The van der Waals surface area contributed by atoms with Crippen molar-refractivity contribution in [1.82, 2.24) is 10.3 Å². The van der Waals surface area contributed by atoms with Gasteiger partial charge in [0.25, 0.3) is 15.9 Å². The molecule has 0 saturated heterocycles. The standard InChI is InChI=1S/C24H26N4O6S/c1-16(29)27-19-5-7-21(8-6-19)35(31,32)28-20-13-18(14-25-15-20)24(30)26-11-10-17-4-9-22(33-2)23(12-17)34-3/h4-9,12-15,28H,10-11H2,1-3H3,(H,26,30)(H,27,29). The molecule has 0 bridgehead atoms. The van der Waals surface area contributed by atoms with E-state index >= 15 is 0 Å². The van der Waals surface area contributed by atoms with Gasteiger partial charge in [-0.15, -0.1) is 0 Å². The first-order valence-corrected chi connectivity index (χ1v) is 12.0. The van der Waals surface area contributed by atoms with E-state index in [1.807, 2.05) is 12.1 Å². The van der Waals surface area contributed by atoms with Crippen molar-refractivity contribution in [2.45, 2.75) is 18.2 Å². The Morgan fingerprint density at radius 1 is 0.914 bits per heavy atom. The molecule has 11 heteroatoms. The highest BCUT2D eigenvalue weighted by Gasteiger charge is 2.16. The van der Waals surface area contributed by atoms with Gasteiger partial charge in [0, 0.05) is 25.4 Å². The highest BCUT2D eigenvalue weighted by molar-refractivity contribution is 7.92. The van der Waals surface area contributed by atoms with Gasteiger partial charge in [-0.1, -0.05) is 6.07 Å². The molecule has 3 N–H and O–H groups in total. The topological polar surface area (TPSA) is 136 Å². The van der Waals surface area contributed by atoms with Crippen LogP contribution < -0.4 is 24.8 Å². The molecule has 0 saturated carbocycles. The molecule has 0 fully saturated rings. The minimum Gasteiger partial charge on any atom is -0.493 e. The number of carbonyl (C=O) groups excluding carboxylic acids is 2. The first-order chi connectivity index (χ1) is 16.7. The average molecular weight is 499 g/mol. The number of anilines is 2. The van der Waals surface area contributed by atoms with Crippen LogP contribution in [0.4, 0.5) is 11.4 Å². The normalized spacial score (nSPS) is 10.8. The summed E-state index contributed by atoms with van der Waals surface area (Å²) in [5.41, 5.74) is 1.78. The Hall–Kier alpha value is -4.12. The number of nitrogens with zero attached hydrogens (tertiary/aromatic N) is 1. The van der Waals surface area contributed by atoms with E-state index in [1.54, 1.807) is 20.3 Å². The van der Waals surface area contributed by atoms with E-state index < -0.39 is 15.9 Å². The predicted molar refractivity (Wildman–Crippen MR) is 131 cm³/mol. The number of hydrogen-bond donors (Lipinski definition) is 3. The SMILES string of the molecule is COc1ccc(CCNC(=O)c2cncc(NS(=O)(=O)c3ccc(NC(C)=O)cc3)c2)cc1OC. The molecule has 0 aliphatic carbocycles. The second-order valence-corrected chi connectivity index (χ2v) is 9.15. The van der Waals surface area contributed by atoms with E-state index in [2.05, 4.69) is 20.3 Å². The molecule has 0 unspecified atom stereocenters.